The molecule has 2 heterocycles. The maximum Gasteiger partial charge on any atom is 0.280 e. The van der Waals surface area contributed by atoms with Crippen LogP contribution in [-0.4, -0.2) is 46.2 Å². The number of sulfonamides is 1. The van der Waals surface area contributed by atoms with Crippen molar-refractivity contribution >= 4 is 44.8 Å². The van der Waals surface area contributed by atoms with Gasteiger partial charge in [0.2, 0.25) is 10.0 Å². The number of amides is 1. The molecular weight excluding hydrogens is 493 g/mol. The summed E-state index contributed by atoms with van der Waals surface area (Å²) in [7, 11) is -3.82. The summed E-state index contributed by atoms with van der Waals surface area (Å²) in [5.41, 5.74) is 4.49. The van der Waals surface area contributed by atoms with Crippen LogP contribution >= 0.6 is 0 Å². The molecule has 1 saturated heterocycles. The van der Waals surface area contributed by atoms with Crippen LogP contribution in [0.1, 0.15) is 12.5 Å². The van der Waals surface area contributed by atoms with Crippen LogP contribution in [0, 0.1) is 5.82 Å². The van der Waals surface area contributed by atoms with Crippen LogP contribution in [-0.2, 0) is 14.8 Å². The summed E-state index contributed by atoms with van der Waals surface area (Å²) >= 11 is 0. The molecule has 190 valence electrons. The van der Waals surface area contributed by atoms with E-state index in [1.807, 2.05) is 36.4 Å². The van der Waals surface area contributed by atoms with Crippen molar-refractivity contribution in [1.82, 2.24) is 0 Å². The molecule has 2 N–H and O–H groups in total. The van der Waals surface area contributed by atoms with Gasteiger partial charge in [-0.05, 0) is 79.2 Å². The zero-order valence-electron chi connectivity index (χ0n) is 20.2. The predicted molar refractivity (Wildman–Crippen MR) is 144 cm³/mol. The fourth-order valence-electron chi connectivity index (χ4n) is 4.46. The standard InChI is InChI=1S/C27H26FN5O3S/c1-19-26(27(34)33(30-19)24-10-12-25(13-11-24)37(29,35)36)18-20-2-6-22(7-3-20)31-14-16-32(17-15-31)23-8-4-21(28)5-9-23/h2-13,18H,14-17H2,1H3,(H2,29,35,36)/b26-18-. The number of piperazine rings is 1. The SMILES string of the molecule is CC1=NN(c2ccc(S(N)(=O)=O)cc2)C(=O)/C1=C\c1ccc(N2CCN(c3ccc(F)cc3)CC2)cc1. The number of halogens is 1. The number of rotatable bonds is 5. The van der Waals surface area contributed by atoms with Gasteiger partial charge in [0.05, 0.1) is 21.9 Å². The first kappa shape index (κ1) is 24.7. The lowest BCUT2D eigenvalue weighted by Crippen LogP contribution is -2.46. The molecule has 2 aliphatic heterocycles. The third-order valence-corrected chi connectivity index (χ3v) is 7.44. The summed E-state index contributed by atoms with van der Waals surface area (Å²) in [4.78, 5) is 17.6. The first-order valence-corrected chi connectivity index (χ1v) is 13.3. The van der Waals surface area contributed by atoms with Crippen molar-refractivity contribution < 1.29 is 17.6 Å². The molecule has 0 spiro atoms. The summed E-state index contributed by atoms with van der Waals surface area (Å²) in [6.07, 6.45) is 1.80. The van der Waals surface area contributed by atoms with Crippen LogP contribution in [0.2, 0.25) is 0 Å². The van der Waals surface area contributed by atoms with E-state index >= 15 is 0 Å². The van der Waals surface area contributed by atoms with Crippen molar-refractivity contribution in [3.8, 4) is 0 Å². The van der Waals surface area contributed by atoms with Crippen LogP contribution in [0.5, 0.6) is 0 Å². The smallest absolute Gasteiger partial charge is 0.280 e. The predicted octanol–water partition coefficient (Wildman–Crippen LogP) is 3.61. The maximum atomic E-state index is 13.2. The molecule has 5 rings (SSSR count). The molecule has 0 aliphatic carbocycles. The highest BCUT2D eigenvalue weighted by Crippen LogP contribution is 2.27. The number of hydrogen-bond acceptors (Lipinski definition) is 6. The molecule has 0 aromatic heterocycles. The molecule has 0 bridgehead atoms. The second-order valence-electron chi connectivity index (χ2n) is 8.94. The van der Waals surface area contributed by atoms with E-state index in [2.05, 4.69) is 14.9 Å². The van der Waals surface area contributed by atoms with Crippen molar-refractivity contribution in [1.29, 1.82) is 0 Å². The molecule has 37 heavy (non-hydrogen) atoms. The number of anilines is 3. The van der Waals surface area contributed by atoms with Gasteiger partial charge < -0.3 is 9.80 Å². The second kappa shape index (κ2) is 9.79. The van der Waals surface area contributed by atoms with Gasteiger partial charge in [0.1, 0.15) is 5.82 Å². The fourth-order valence-corrected chi connectivity index (χ4v) is 4.97. The molecule has 1 fully saturated rings. The quantitative estimate of drug-likeness (QED) is 0.520. The van der Waals surface area contributed by atoms with Gasteiger partial charge >= 0.3 is 0 Å². The number of benzene rings is 3. The van der Waals surface area contributed by atoms with E-state index in [1.165, 1.54) is 41.4 Å². The van der Waals surface area contributed by atoms with Gasteiger partial charge in [-0.2, -0.15) is 10.1 Å². The minimum Gasteiger partial charge on any atom is -0.368 e. The first-order chi connectivity index (χ1) is 17.7. The van der Waals surface area contributed by atoms with Gasteiger partial charge in [-0.15, -0.1) is 0 Å². The molecule has 1 amide bonds. The van der Waals surface area contributed by atoms with Crippen molar-refractivity contribution in [3.05, 3.63) is 89.8 Å². The Labute approximate surface area is 215 Å². The zero-order chi connectivity index (χ0) is 26.2. The lowest BCUT2D eigenvalue weighted by atomic mass is 10.1. The molecule has 3 aromatic carbocycles. The minimum absolute atomic E-state index is 0.0312. The van der Waals surface area contributed by atoms with Crippen molar-refractivity contribution in [2.75, 3.05) is 41.0 Å². The summed E-state index contributed by atoms with van der Waals surface area (Å²) in [5.74, 6) is -0.522. The highest BCUT2D eigenvalue weighted by atomic mass is 32.2. The van der Waals surface area contributed by atoms with Crippen LogP contribution in [0.3, 0.4) is 0 Å². The molecular formula is C27H26FN5O3S. The first-order valence-electron chi connectivity index (χ1n) is 11.8. The van der Waals surface area contributed by atoms with E-state index in [1.54, 1.807) is 13.0 Å². The van der Waals surface area contributed by atoms with Gasteiger partial charge in [-0.1, -0.05) is 12.1 Å². The van der Waals surface area contributed by atoms with E-state index in [-0.39, 0.29) is 16.6 Å². The average molecular weight is 520 g/mol. The van der Waals surface area contributed by atoms with E-state index in [9.17, 15) is 17.6 Å². The third kappa shape index (κ3) is 5.25. The molecule has 0 unspecified atom stereocenters. The molecule has 0 saturated carbocycles. The fraction of sp³-hybridized carbons (Fsp3) is 0.185. The largest absolute Gasteiger partial charge is 0.368 e. The van der Waals surface area contributed by atoms with E-state index in [4.69, 9.17) is 5.14 Å². The topological polar surface area (TPSA) is 99.3 Å². The van der Waals surface area contributed by atoms with Crippen LogP contribution < -0.4 is 19.9 Å². The summed E-state index contributed by atoms with van der Waals surface area (Å²) in [6, 6.07) is 20.3. The Morgan fingerprint density at radius 3 is 1.81 bits per heavy atom. The highest BCUT2D eigenvalue weighted by Gasteiger charge is 2.29. The summed E-state index contributed by atoms with van der Waals surface area (Å²) in [5, 5.41) is 10.8. The Hall–Kier alpha value is -4.02. The Balaban J connectivity index is 1.25. The third-order valence-electron chi connectivity index (χ3n) is 6.51. The van der Waals surface area contributed by atoms with Crippen molar-refractivity contribution in [3.63, 3.8) is 0 Å². The van der Waals surface area contributed by atoms with Gasteiger partial charge in [0.15, 0.2) is 0 Å². The Bertz CT molecular complexity index is 1480. The normalized spacial score (nSPS) is 17.5. The lowest BCUT2D eigenvalue weighted by Gasteiger charge is -2.37. The van der Waals surface area contributed by atoms with Gasteiger partial charge in [0, 0.05) is 37.6 Å². The molecule has 0 radical (unpaired) electrons. The molecule has 2 aliphatic rings. The van der Waals surface area contributed by atoms with Crippen molar-refractivity contribution in [2.24, 2.45) is 10.2 Å². The Morgan fingerprint density at radius 1 is 0.811 bits per heavy atom. The number of nitrogens with zero attached hydrogens (tertiary/aromatic N) is 4. The number of carbonyl (C=O) groups is 1. The molecule has 3 aromatic rings. The maximum absolute atomic E-state index is 13.2. The summed E-state index contributed by atoms with van der Waals surface area (Å²) < 4.78 is 36.2. The van der Waals surface area contributed by atoms with Crippen LogP contribution in [0.25, 0.3) is 6.08 Å². The van der Waals surface area contributed by atoms with Gasteiger partial charge in [-0.25, -0.2) is 17.9 Å². The van der Waals surface area contributed by atoms with E-state index in [0.717, 1.165) is 43.1 Å². The van der Waals surface area contributed by atoms with E-state index in [0.29, 0.717) is 17.0 Å². The van der Waals surface area contributed by atoms with Gasteiger partial charge in [0.25, 0.3) is 5.91 Å². The Kier molecular flexibility index (Phi) is 6.53. The van der Waals surface area contributed by atoms with Gasteiger partial charge in [-0.3, -0.25) is 4.79 Å². The molecule has 8 nitrogen and oxygen atoms in total. The van der Waals surface area contributed by atoms with Crippen molar-refractivity contribution in [2.45, 2.75) is 11.8 Å². The lowest BCUT2D eigenvalue weighted by molar-refractivity contribution is -0.114. The van der Waals surface area contributed by atoms with Crippen LogP contribution in [0.4, 0.5) is 21.5 Å². The van der Waals surface area contributed by atoms with Crippen LogP contribution in [0.15, 0.2) is 88.4 Å². The number of nitrogens with two attached hydrogens (primary N) is 1. The number of hydrogen-bond donors (Lipinski definition) is 1. The van der Waals surface area contributed by atoms with E-state index < -0.39 is 10.0 Å². The Morgan fingerprint density at radius 2 is 1.30 bits per heavy atom. The second-order valence-corrected chi connectivity index (χ2v) is 10.5. The number of primary sulfonamides is 1. The number of carbonyl (C=O) groups excluding carboxylic acids is 1. The monoisotopic (exact) mass is 519 g/mol. The molecule has 10 heteroatoms. The zero-order valence-corrected chi connectivity index (χ0v) is 21.0. The minimum atomic E-state index is -3.82. The highest BCUT2D eigenvalue weighted by molar-refractivity contribution is 7.89. The number of hydrazone groups is 1. The average Bonchev–Trinajstić information content (AvgIpc) is 3.18. The molecule has 0 atom stereocenters. The summed E-state index contributed by atoms with van der Waals surface area (Å²) in [6.45, 7) is 5.14.